The van der Waals surface area contributed by atoms with E-state index in [2.05, 4.69) is 53.6 Å². The maximum Gasteiger partial charge on any atom is 1.00 e. The van der Waals surface area contributed by atoms with Crippen LogP contribution in [0.25, 0.3) is 22.0 Å². The van der Waals surface area contributed by atoms with Crippen LogP contribution in [0.5, 0.6) is 0 Å². The first-order valence-corrected chi connectivity index (χ1v) is 9.00. The van der Waals surface area contributed by atoms with Crippen molar-refractivity contribution >= 4 is 16.8 Å². The van der Waals surface area contributed by atoms with Crippen molar-refractivity contribution < 1.29 is 18.6 Å². The largest absolute Gasteiger partial charge is 1.00 e. The Kier molecular flexibility index (Phi) is 7.42. The number of nitrogens with one attached hydrogen (secondary N) is 2. The van der Waals surface area contributed by atoms with Gasteiger partial charge in [0.25, 0.3) is 5.91 Å². The zero-order valence-corrected chi connectivity index (χ0v) is 16.2. The van der Waals surface area contributed by atoms with Crippen LogP contribution in [0.1, 0.15) is 30.3 Å². The minimum atomic E-state index is -0.138. The number of benzene rings is 2. The van der Waals surface area contributed by atoms with Gasteiger partial charge in [-0.3, -0.25) is 4.79 Å². The number of aryl methyl sites for hydroxylation is 1. The normalized spacial score (nSPS) is 11.8. The van der Waals surface area contributed by atoms with Crippen molar-refractivity contribution in [3.05, 3.63) is 59.8 Å². The van der Waals surface area contributed by atoms with Crippen LogP contribution in [-0.4, -0.2) is 30.0 Å². The van der Waals surface area contributed by atoms with E-state index in [4.69, 9.17) is 11.5 Å². The maximum atomic E-state index is 12.4. The summed E-state index contributed by atoms with van der Waals surface area (Å²) in [4.78, 5) is 15.6. The van der Waals surface area contributed by atoms with Crippen LogP contribution in [0, 0.1) is 6.92 Å². The molecule has 0 fully saturated rings. The number of aromatic nitrogens is 1. The highest BCUT2D eigenvalue weighted by atomic mass is 35.5. The summed E-state index contributed by atoms with van der Waals surface area (Å²) in [6.45, 7) is 3.14. The van der Waals surface area contributed by atoms with Gasteiger partial charge in [0, 0.05) is 23.5 Å². The smallest absolute Gasteiger partial charge is 1.00 e. The molecule has 0 bridgehead atoms. The number of nitrogens with two attached hydrogens (primary N) is 2. The Morgan fingerprint density at radius 1 is 1.15 bits per heavy atom. The molecule has 0 aliphatic rings. The second kappa shape index (κ2) is 9.55. The Balaban J connectivity index is 0.00000196. The molecule has 1 heterocycles. The summed E-state index contributed by atoms with van der Waals surface area (Å²) in [5.41, 5.74) is 16.5. The molecule has 1 aromatic heterocycles. The van der Waals surface area contributed by atoms with Crippen molar-refractivity contribution in [1.82, 2.24) is 10.3 Å². The zero-order chi connectivity index (χ0) is 18.5. The number of H-pyrrole nitrogens is 1. The zero-order valence-electron chi connectivity index (χ0n) is 16.5. The first-order valence-electron chi connectivity index (χ1n) is 9.00. The number of aromatic amines is 1. The molecule has 6 N–H and O–H groups in total. The first-order chi connectivity index (χ1) is 12.6. The average Bonchev–Trinajstić information content (AvgIpc) is 3.08. The van der Waals surface area contributed by atoms with Gasteiger partial charge < -0.3 is 34.2 Å². The highest BCUT2D eigenvalue weighted by Crippen LogP contribution is 2.25. The van der Waals surface area contributed by atoms with Crippen LogP contribution in [0.4, 0.5) is 0 Å². The summed E-state index contributed by atoms with van der Waals surface area (Å²) in [7, 11) is 0. The van der Waals surface area contributed by atoms with Gasteiger partial charge in [-0.1, -0.05) is 42.0 Å². The molecule has 0 spiro atoms. The fraction of sp³-hybridized carbons (Fsp3) is 0.286. The molecule has 3 rings (SSSR count). The van der Waals surface area contributed by atoms with Gasteiger partial charge in [0.2, 0.25) is 0 Å². The second-order valence-electron chi connectivity index (χ2n) is 6.75. The number of rotatable bonds is 7. The summed E-state index contributed by atoms with van der Waals surface area (Å²) in [5, 5.41) is 3.90. The predicted octanol–water partition coefficient (Wildman–Crippen LogP) is 0.0558. The molecule has 0 aliphatic carbocycles. The Labute approximate surface area is 167 Å². The van der Waals surface area contributed by atoms with E-state index in [0.29, 0.717) is 18.8 Å². The van der Waals surface area contributed by atoms with Gasteiger partial charge in [-0.05, 0) is 49.6 Å². The Bertz CT molecular complexity index is 895. The van der Waals surface area contributed by atoms with Crippen molar-refractivity contribution in [3.8, 4) is 11.1 Å². The van der Waals surface area contributed by atoms with E-state index >= 15 is 0 Å². The van der Waals surface area contributed by atoms with Crippen molar-refractivity contribution in [2.24, 2.45) is 11.5 Å². The fourth-order valence-corrected chi connectivity index (χ4v) is 2.98. The van der Waals surface area contributed by atoms with Gasteiger partial charge in [-0.2, -0.15) is 0 Å². The van der Waals surface area contributed by atoms with Gasteiger partial charge in [-0.15, -0.1) is 0 Å². The quantitative estimate of drug-likeness (QED) is 0.462. The Morgan fingerprint density at radius 2 is 1.85 bits per heavy atom. The lowest BCUT2D eigenvalue weighted by molar-refractivity contribution is -0.0000136. The molecular formula is C21H27ClN4O. The number of halogens is 1. The van der Waals surface area contributed by atoms with Crippen LogP contribution < -0.4 is 29.2 Å². The number of hydrogen-bond acceptors (Lipinski definition) is 3. The number of fused-ring (bicyclic) bond motifs is 1. The number of amides is 1. The lowest BCUT2D eigenvalue weighted by Gasteiger charge is -2.11. The molecule has 6 heteroatoms. The summed E-state index contributed by atoms with van der Waals surface area (Å²) < 4.78 is 0. The first kappa shape index (κ1) is 21.0. The van der Waals surface area contributed by atoms with Crippen molar-refractivity contribution in [2.45, 2.75) is 25.8 Å². The molecule has 0 unspecified atom stereocenters. The highest BCUT2D eigenvalue weighted by molar-refractivity contribution is 5.98. The second-order valence-corrected chi connectivity index (χ2v) is 6.75. The topological polar surface area (TPSA) is 96.9 Å². The van der Waals surface area contributed by atoms with Crippen molar-refractivity contribution in [1.29, 1.82) is 0 Å². The summed E-state index contributed by atoms with van der Waals surface area (Å²) in [6.07, 6.45) is 1.68. The number of carbonyl (C=O) groups is 1. The summed E-state index contributed by atoms with van der Waals surface area (Å²) in [6, 6.07) is 16.4. The van der Waals surface area contributed by atoms with Crippen LogP contribution in [0.2, 0.25) is 0 Å². The Morgan fingerprint density at radius 3 is 2.56 bits per heavy atom. The molecule has 1 atom stereocenters. The van der Waals surface area contributed by atoms with Gasteiger partial charge in [0.15, 0.2) is 0 Å². The van der Waals surface area contributed by atoms with E-state index in [0.717, 1.165) is 34.9 Å². The molecule has 27 heavy (non-hydrogen) atoms. The third-order valence-corrected chi connectivity index (χ3v) is 4.56. The van der Waals surface area contributed by atoms with E-state index in [9.17, 15) is 4.79 Å². The predicted molar refractivity (Wildman–Crippen MR) is 108 cm³/mol. The SMILES string of the molecule is Cc1ccc(-c2ccc3cc(C(=O)NC[C@@H](N)CCCN)[nH]c3c2)cc1.[Cl-].[H+]. The minimum absolute atomic E-state index is 0. The molecule has 5 nitrogen and oxygen atoms in total. The molecule has 0 radical (unpaired) electrons. The van der Waals surface area contributed by atoms with Crippen LogP contribution in [-0.2, 0) is 0 Å². The standard InChI is InChI=1S/C21H26N4O.ClH/c1-14-4-6-15(7-5-14)16-8-9-17-12-20(25-19(17)11-16)21(26)24-13-18(23)3-2-10-22;/h4-9,11-12,18,25H,2-3,10,13,22-23H2,1H3,(H,24,26);1H/t18-;/m0./s1. The maximum absolute atomic E-state index is 12.4. The van der Waals surface area contributed by atoms with E-state index < -0.39 is 0 Å². The molecule has 1 amide bonds. The van der Waals surface area contributed by atoms with E-state index in [1.54, 1.807) is 0 Å². The van der Waals surface area contributed by atoms with Crippen molar-refractivity contribution in [2.75, 3.05) is 13.1 Å². The highest BCUT2D eigenvalue weighted by Gasteiger charge is 2.11. The van der Waals surface area contributed by atoms with Crippen LogP contribution in [0.15, 0.2) is 48.5 Å². The average molecular weight is 387 g/mol. The van der Waals surface area contributed by atoms with Gasteiger partial charge in [0.1, 0.15) is 5.69 Å². The lowest BCUT2D eigenvalue weighted by Crippen LogP contribution is -3.00. The van der Waals surface area contributed by atoms with Crippen molar-refractivity contribution in [3.63, 3.8) is 0 Å². The van der Waals surface area contributed by atoms with Gasteiger partial charge in [0.05, 0.1) is 0 Å². The lowest BCUT2D eigenvalue weighted by atomic mass is 10.0. The third-order valence-electron chi connectivity index (χ3n) is 4.56. The molecule has 0 saturated carbocycles. The Hall–Kier alpha value is -2.34. The monoisotopic (exact) mass is 386 g/mol. The molecule has 3 aromatic rings. The molecule has 0 saturated heterocycles. The van der Waals surface area contributed by atoms with Crippen LogP contribution in [0.3, 0.4) is 0 Å². The van der Waals surface area contributed by atoms with Crippen LogP contribution >= 0.6 is 0 Å². The third kappa shape index (κ3) is 5.32. The van der Waals surface area contributed by atoms with Gasteiger partial charge >= 0.3 is 1.43 Å². The van der Waals surface area contributed by atoms with E-state index in [-0.39, 0.29) is 25.8 Å². The molecule has 0 aliphatic heterocycles. The summed E-state index contributed by atoms with van der Waals surface area (Å²) in [5.74, 6) is -0.138. The van der Waals surface area contributed by atoms with E-state index in [1.165, 1.54) is 5.56 Å². The molecule has 144 valence electrons. The molecular weight excluding hydrogens is 360 g/mol. The van der Waals surface area contributed by atoms with E-state index in [1.807, 2.05) is 12.1 Å². The number of carbonyl (C=O) groups excluding carboxylic acids is 1. The minimum Gasteiger partial charge on any atom is -1.00 e. The van der Waals surface area contributed by atoms with Gasteiger partial charge in [-0.25, -0.2) is 0 Å². The fourth-order valence-electron chi connectivity index (χ4n) is 2.98. The number of hydrogen-bond donors (Lipinski definition) is 4. The molecule has 2 aromatic carbocycles. The summed E-state index contributed by atoms with van der Waals surface area (Å²) >= 11 is 0.